The minimum atomic E-state index is -0.199. The van der Waals surface area contributed by atoms with E-state index in [9.17, 15) is 9.50 Å². The summed E-state index contributed by atoms with van der Waals surface area (Å²) in [4.78, 5) is 0. The maximum Gasteiger partial charge on any atom is 0.123 e. The van der Waals surface area contributed by atoms with E-state index in [1.54, 1.807) is 23.9 Å². The molecule has 2 atom stereocenters. The van der Waals surface area contributed by atoms with E-state index in [-0.39, 0.29) is 11.9 Å². The Labute approximate surface area is 87.3 Å². The highest BCUT2D eigenvalue weighted by Gasteiger charge is 2.25. The van der Waals surface area contributed by atoms with Crippen LogP contribution in [-0.2, 0) is 6.42 Å². The molecule has 0 aliphatic carbocycles. The summed E-state index contributed by atoms with van der Waals surface area (Å²) in [5.41, 5.74) is 1.11. The summed E-state index contributed by atoms with van der Waals surface area (Å²) in [6, 6.07) is 6.55. The third-order valence-electron chi connectivity index (χ3n) is 2.58. The van der Waals surface area contributed by atoms with Crippen molar-refractivity contribution >= 4 is 11.8 Å². The molecule has 2 rings (SSSR count). The fraction of sp³-hybridized carbons (Fsp3) is 0.455. The molecule has 1 nitrogen and oxygen atoms in total. The van der Waals surface area contributed by atoms with E-state index in [1.165, 1.54) is 12.1 Å². The fourth-order valence-electron chi connectivity index (χ4n) is 1.71. The van der Waals surface area contributed by atoms with Crippen molar-refractivity contribution in [2.24, 2.45) is 5.92 Å². The fourth-order valence-corrected chi connectivity index (χ4v) is 3.00. The smallest absolute Gasteiger partial charge is 0.123 e. The van der Waals surface area contributed by atoms with Crippen LogP contribution in [0, 0.1) is 11.7 Å². The van der Waals surface area contributed by atoms with Crippen LogP contribution in [0.5, 0.6) is 0 Å². The average molecular weight is 212 g/mol. The number of hydrogen-bond acceptors (Lipinski definition) is 2. The highest BCUT2D eigenvalue weighted by Crippen LogP contribution is 2.27. The van der Waals surface area contributed by atoms with Gasteiger partial charge in [-0.05, 0) is 35.8 Å². The van der Waals surface area contributed by atoms with Gasteiger partial charge in [-0.15, -0.1) is 0 Å². The van der Waals surface area contributed by atoms with Gasteiger partial charge in [-0.3, -0.25) is 0 Å². The van der Waals surface area contributed by atoms with Crippen molar-refractivity contribution in [2.75, 3.05) is 11.5 Å². The van der Waals surface area contributed by atoms with Crippen LogP contribution in [0.25, 0.3) is 0 Å². The van der Waals surface area contributed by atoms with Gasteiger partial charge in [-0.1, -0.05) is 12.1 Å². The molecule has 1 aliphatic heterocycles. The van der Waals surface area contributed by atoms with E-state index < -0.39 is 0 Å². The van der Waals surface area contributed by atoms with Gasteiger partial charge in [0.1, 0.15) is 5.82 Å². The Morgan fingerprint density at radius 1 is 1.29 bits per heavy atom. The molecule has 76 valence electrons. The molecule has 0 spiro atoms. The summed E-state index contributed by atoms with van der Waals surface area (Å²) in [6.07, 6.45) is 0.666. The van der Waals surface area contributed by atoms with Crippen LogP contribution in [0.3, 0.4) is 0 Å². The van der Waals surface area contributed by atoms with Crippen LogP contribution in [0.4, 0.5) is 4.39 Å². The summed E-state index contributed by atoms with van der Waals surface area (Å²) in [7, 11) is 0. The van der Waals surface area contributed by atoms with E-state index >= 15 is 0 Å². The number of thioether (sulfide) groups is 1. The predicted molar refractivity (Wildman–Crippen MR) is 56.9 cm³/mol. The van der Waals surface area contributed by atoms with Gasteiger partial charge >= 0.3 is 0 Å². The molecule has 0 aromatic heterocycles. The van der Waals surface area contributed by atoms with Crippen LogP contribution in [0.1, 0.15) is 5.56 Å². The van der Waals surface area contributed by atoms with Gasteiger partial charge in [0.25, 0.3) is 0 Å². The van der Waals surface area contributed by atoms with Gasteiger partial charge in [0.05, 0.1) is 6.10 Å². The van der Waals surface area contributed by atoms with Gasteiger partial charge < -0.3 is 5.11 Å². The SMILES string of the molecule is OC1CSCC1Cc1ccc(F)cc1. The standard InChI is InChI=1S/C11H13FOS/c12-10-3-1-8(2-4-10)5-9-6-14-7-11(9)13/h1-4,9,11,13H,5-7H2. The lowest BCUT2D eigenvalue weighted by molar-refractivity contribution is 0.150. The maximum absolute atomic E-state index is 12.6. The molecular formula is C11H13FOS. The Morgan fingerprint density at radius 3 is 2.57 bits per heavy atom. The second-order valence-corrected chi connectivity index (χ2v) is 4.77. The molecule has 1 aliphatic rings. The molecule has 1 heterocycles. The van der Waals surface area contributed by atoms with Crippen LogP contribution in [0.15, 0.2) is 24.3 Å². The predicted octanol–water partition coefficient (Wildman–Crippen LogP) is 2.09. The summed E-state index contributed by atoms with van der Waals surface area (Å²) >= 11 is 1.79. The van der Waals surface area contributed by atoms with Crippen molar-refractivity contribution in [1.82, 2.24) is 0 Å². The molecular weight excluding hydrogens is 199 g/mol. The second kappa shape index (κ2) is 4.32. The summed E-state index contributed by atoms with van der Waals surface area (Å²) < 4.78 is 12.6. The normalized spacial score (nSPS) is 26.7. The minimum absolute atomic E-state index is 0.190. The van der Waals surface area contributed by atoms with E-state index in [2.05, 4.69) is 0 Å². The number of aliphatic hydroxyl groups excluding tert-OH is 1. The Hall–Kier alpha value is -0.540. The molecule has 1 aromatic carbocycles. The second-order valence-electron chi connectivity index (χ2n) is 3.70. The van der Waals surface area contributed by atoms with Crippen molar-refractivity contribution in [3.63, 3.8) is 0 Å². The van der Waals surface area contributed by atoms with Crippen molar-refractivity contribution in [2.45, 2.75) is 12.5 Å². The van der Waals surface area contributed by atoms with E-state index in [0.717, 1.165) is 23.5 Å². The van der Waals surface area contributed by atoms with Gasteiger partial charge in [-0.25, -0.2) is 4.39 Å². The van der Waals surface area contributed by atoms with Crippen molar-refractivity contribution in [3.05, 3.63) is 35.6 Å². The highest BCUT2D eigenvalue weighted by atomic mass is 32.2. The lowest BCUT2D eigenvalue weighted by Crippen LogP contribution is -2.19. The molecule has 0 bridgehead atoms. The quantitative estimate of drug-likeness (QED) is 0.810. The van der Waals surface area contributed by atoms with Crippen molar-refractivity contribution < 1.29 is 9.50 Å². The van der Waals surface area contributed by atoms with Crippen molar-refractivity contribution in [1.29, 1.82) is 0 Å². The number of hydrogen-bond donors (Lipinski definition) is 1. The monoisotopic (exact) mass is 212 g/mol. The van der Waals surface area contributed by atoms with E-state index in [1.807, 2.05) is 0 Å². The molecule has 1 fully saturated rings. The molecule has 2 unspecified atom stereocenters. The number of aliphatic hydroxyl groups is 1. The van der Waals surface area contributed by atoms with Crippen LogP contribution >= 0.6 is 11.8 Å². The first-order valence-corrected chi connectivity index (χ1v) is 5.91. The van der Waals surface area contributed by atoms with Crippen LogP contribution in [-0.4, -0.2) is 22.7 Å². The zero-order valence-electron chi connectivity index (χ0n) is 7.82. The first kappa shape index (κ1) is 9.99. The first-order chi connectivity index (χ1) is 6.75. The Balaban J connectivity index is 2.00. The van der Waals surface area contributed by atoms with Gasteiger partial charge in [0.2, 0.25) is 0 Å². The molecule has 3 heteroatoms. The largest absolute Gasteiger partial charge is 0.392 e. The molecule has 0 radical (unpaired) electrons. The highest BCUT2D eigenvalue weighted by molar-refractivity contribution is 7.99. The first-order valence-electron chi connectivity index (χ1n) is 4.76. The molecule has 1 N–H and O–H groups in total. The van der Waals surface area contributed by atoms with Crippen molar-refractivity contribution in [3.8, 4) is 0 Å². The summed E-state index contributed by atoms with van der Waals surface area (Å²) in [6.45, 7) is 0. The Morgan fingerprint density at radius 2 is 2.00 bits per heavy atom. The van der Waals surface area contributed by atoms with E-state index in [0.29, 0.717) is 5.92 Å². The summed E-state index contributed by atoms with van der Waals surface area (Å²) in [5.74, 6) is 1.99. The molecule has 0 saturated carbocycles. The maximum atomic E-state index is 12.6. The zero-order valence-corrected chi connectivity index (χ0v) is 8.64. The Bertz CT molecular complexity index is 299. The molecule has 0 amide bonds. The number of benzene rings is 1. The number of rotatable bonds is 2. The molecule has 14 heavy (non-hydrogen) atoms. The van der Waals surface area contributed by atoms with Crippen LogP contribution in [0.2, 0.25) is 0 Å². The third-order valence-corrected chi connectivity index (χ3v) is 3.82. The average Bonchev–Trinajstić information content (AvgIpc) is 2.56. The summed E-state index contributed by atoms with van der Waals surface area (Å²) in [5, 5.41) is 9.61. The topological polar surface area (TPSA) is 20.2 Å². The Kier molecular flexibility index (Phi) is 3.08. The zero-order chi connectivity index (χ0) is 9.97. The lowest BCUT2D eigenvalue weighted by atomic mass is 9.97. The molecule has 1 saturated heterocycles. The third kappa shape index (κ3) is 2.28. The minimum Gasteiger partial charge on any atom is -0.392 e. The van der Waals surface area contributed by atoms with Crippen LogP contribution < -0.4 is 0 Å². The van der Waals surface area contributed by atoms with Gasteiger partial charge in [0.15, 0.2) is 0 Å². The van der Waals surface area contributed by atoms with Gasteiger partial charge in [0, 0.05) is 5.75 Å². The number of halogens is 1. The molecule has 1 aromatic rings. The van der Waals surface area contributed by atoms with E-state index in [4.69, 9.17) is 0 Å². The lowest BCUT2D eigenvalue weighted by Gasteiger charge is -2.12. The van der Waals surface area contributed by atoms with Gasteiger partial charge in [-0.2, -0.15) is 11.8 Å².